The van der Waals surface area contributed by atoms with Gasteiger partial charge in [0.05, 0.1) is 4.90 Å². The molecule has 0 saturated heterocycles. The lowest BCUT2D eigenvalue weighted by molar-refractivity contribution is 0.0945. The van der Waals surface area contributed by atoms with Crippen molar-refractivity contribution >= 4 is 28.3 Å². The van der Waals surface area contributed by atoms with Gasteiger partial charge in [0.25, 0.3) is 5.91 Å². The molecular weight excluding hydrogens is 386 g/mol. The summed E-state index contributed by atoms with van der Waals surface area (Å²) >= 11 is 0. The summed E-state index contributed by atoms with van der Waals surface area (Å²) < 4.78 is 27.8. The predicted molar refractivity (Wildman–Crippen MR) is 107 cm³/mol. The van der Waals surface area contributed by atoms with E-state index in [2.05, 4.69) is 5.32 Å². The molecule has 8 heteroatoms. The van der Waals surface area contributed by atoms with Crippen LogP contribution in [0.2, 0.25) is 0 Å². The zero-order valence-electron chi connectivity index (χ0n) is 14.9. The first-order valence-electron chi connectivity index (χ1n) is 8.67. The molecule has 146 valence electrons. The molecule has 1 aliphatic heterocycles. The number of halogens is 1. The molecule has 27 heavy (non-hydrogen) atoms. The van der Waals surface area contributed by atoms with Crippen LogP contribution in [0, 0.1) is 0 Å². The van der Waals surface area contributed by atoms with Crippen molar-refractivity contribution in [1.29, 1.82) is 0 Å². The van der Waals surface area contributed by atoms with Gasteiger partial charge in [0.15, 0.2) is 0 Å². The van der Waals surface area contributed by atoms with Crippen LogP contribution >= 0.6 is 12.4 Å². The van der Waals surface area contributed by atoms with Crippen molar-refractivity contribution < 1.29 is 13.2 Å². The number of carbonyl (C=O) groups is 1. The first-order chi connectivity index (χ1) is 12.5. The van der Waals surface area contributed by atoms with E-state index in [-0.39, 0.29) is 29.8 Å². The van der Waals surface area contributed by atoms with E-state index in [1.807, 2.05) is 30.3 Å². The zero-order chi connectivity index (χ0) is 18.6. The second kappa shape index (κ2) is 9.32. The Hall–Kier alpha value is -1.93. The van der Waals surface area contributed by atoms with Gasteiger partial charge < -0.3 is 11.1 Å². The van der Waals surface area contributed by atoms with Gasteiger partial charge in [-0.2, -0.15) is 4.31 Å². The molecule has 6 nitrogen and oxygen atoms in total. The molecule has 0 aliphatic carbocycles. The van der Waals surface area contributed by atoms with Gasteiger partial charge in [0, 0.05) is 25.2 Å². The highest BCUT2D eigenvalue weighted by molar-refractivity contribution is 7.89. The van der Waals surface area contributed by atoms with E-state index in [4.69, 9.17) is 5.73 Å². The molecule has 0 fully saturated rings. The third kappa shape index (κ3) is 4.87. The van der Waals surface area contributed by atoms with Crippen LogP contribution in [0.25, 0.3) is 0 Å². The molecule has 3 rings (SSSR count). The molecule has 2 aromatic rings. The van der Waals surface area contributed by atoms with E-state index in [1.54, 1.807) is 12.1 Å². The van der Waals surface area contributed by atoms with Crippen LogP contribution in [0.3, 0.4) is 0 Å². The number of nitrogens with one attached hydrogen (secondary N) is 1. The lowest BCUT2D eigenvalue weighted by Gasteiger charge is -2.23. The number of amides is 1. The second-order valence-electron chi connectivity index (χ2n) is 6.29. The normalized spacial score (nSPS) is 13.6. The molecule has 1 aliphatic rings. The Morgan fingerprint density at radius 3 is 2.56 bits per heavy atom. The van der Waals surface area contributed by atoms with Crippen LogP contribution in [0.4, 0.5) is 0 Å². The van der Waals surface area contributed by atoms with Gasteiger partial charge >= 0.3 is 0 Å². The maximum atomic E-state index is 13.2. The van der Waals surface area contributed by atoms with Crippen molar-refractivity contribution in [3.63, 3.8) is 0 Å². The Bertz CT molecular complexity index is 888. The number of hydrogen-bond acceptors (Lipinski definition) is 4. The van der Waals surface area contributed by atoms with Crippen LogP contribution in [-0.2, 0) is 23.0 Å². The SMILES string of the molecule is Cl.NCCCN(Cc1ccccc1)S(=O)(=O)c1ccc2c(c1)C(=O)NCC2. The molecule has 1 amide bonds. The minimum Gasteiger partial charge on any atom is -0.352 e. The molecule has 0 spiro atoms. The fraction of sp³-hybridized carbons (Fsp3) is 0.316. The Morgan fingerprint density at radius 1 is 1.11 bits per heavy atom. The first kappa shape index (κ1) is 21.4. The van der Waals surface area contributed by atoms with Gasteiger partial charge in [-0.25, -0.2) is 8.42 Å². The van der Waals surface area contributed by atoms with Gasteiger partial charge in [0.1, 0.15) is 0 Å². The number of nitrogens with zero attached hydrogens (tertiary/aromatic N) is 1. The Kier molecular flexibility index (Phi) is 7.38. The number of hydrogen-bond donors (Lipinski definition) is 2. The molecular formula is C19H24ClN3O3S. The van der Waals surface area contributed by atoms with Crippen LogP contribution in [0.5, 0.6) is 0 Å². The summed E-state index contributed by atoms with van der Waals surface area (Å²) in [7, 11) is -3.73. The Labute approximate surface area is 166 Å². The summed E-state index contributed by atoms with van der Waals surface area (Å²) in [6.45, 7) is 1.59. The number of nitrogens with two attached hydrogens (primary N) is 1. The van der Waals surface area contributed by atoms with E-state index < -0.39 is 10.0 Å². The summed E-state index contributed by atoms with van der Waals surface area (Å²) in [6.07, 6.45) is 1.28. The Balaban J connectivity index is 0.00000261. The minimum atomic E-state index is -3.73. The van der Waals surface area contributed by atoms with E-state index in [0.29, 0.717) is 38.0 Å². The van der Waals surface area contributed by atoms with Crippen molar-refractivity contribution in [3.8, 4) is 0 Å². The third-order valence-electron chi connectivity index (χ3n) is 4.46. The molecule has 0 atom stereocenters. The monoisotopic (exact) mass is 409 g/mol. The van der Waals surface area contributed by atoms with Crippen molar-refractivity contribution in [2.24, 2.45) is 5.73 Å². The number of sulfonamides is 1. The number of carbonyl (C=O) groups excluding carboxylic acids is 1. The first-order valence-corrected chi connectivity index (χ1v) is 10.1. The van der Waals surface area contributed by atoms with Crippen molar-refractivity contribution in [2.45, 2.75) is 24.3 Å². The second-order valence-corrected chi connectivity index (χ2v) is 8.23. The number of fused-ring (bicyclic) bond motifs is 1. The highest BCUT2D eigenvalue weighted by Crippen LogP contribution is 2.23. The van der Waals surface area contributed by atoms with E-state index in [0.717, 1.165) is 11.1 Å². The zero-order valence-corrected chi connectivity index (χ0v) is 16.6. The maximum absolute atomic E-state index is 13.2. The molecule has 0 aromatic heterocycles. The van der Waals surface area contributed by atoms with Crippen molar-refractivity contribution in [1.82, 2.24) is 9.62 Å². The Morgan fingerprint density at radius 2 is 1.85 bits per heavy atom. The average molecular weight is 410 g/mol. The summed E-state index contributed by atoms with van der Waals surface area (Å²) in [4.78, 5) is 12.2. The van der Waals surface area contributed by atoms with E-state index in [1.165, 1.54) is 10.4 Å². The summed E-state index contributed by atoms with van der Waals surface area (Å²) in [5.74, 6) is -0.222. The standard InChI is InChI=1S/C19H23N3O3S.ClH/c20-10-4-12-22(14-15-5-2-1-3-6-15)26(24,25)17-8-7-16-9-11-21-19(23)18(16)13-17;/h1-3,5-8,13H,4,9-12,14,20H2,(H,21,23);1H. The van der Waals surface area contributed by atoms with Crippen LogP contribution in [-0.4, -0.2) is 38.3 Å². The fourth-order valence-corrected chi connectivity index (χ4v) is 4.53. The summed E-state index contributed by atoms with van der Waals surface area (Å²) in [6, 6.07) is 14.3. The minimum absolute atomic E-state index is 0. The van der Waals surface area contributed by atoms with Gasteiger partial charge in [-0.15, -0.1) is 12.4 Å². The van der Waals surface area contributed by atoms with Gasteiger partial charge in [0.2, 0.25) is 10.0 Å². The van der Waals surface area contributed by atoms with E-state index in [9.17, 15) is 13.2 Å². The van der Waals surface area contributed by atoms with Crippen LogP contribution < -0.4 is 11.1 Å². The molecule has 0 bridgehead atoms. The lowest BCUT2D eigenvalue weighted by Crippen LogP contribution is -2.34. The maximum Gasteiger partial charge on any atom is 0.251 e. The quantitative estimate of drug-likeness (QED) is 0.730. The molecule has 0 unspecified atom stereocenters. The van der Waals surface area contributed by atoms with Gasteiger partial charge in [-0.05, 0) is 42.6 Å². The highest BCUT2D eigenvalue weighted by atomic mass is 35.5. The number of rotatable bonds is 7. The van der Waals surface area contributed by atoms with E-state index >= 15 is 0 Å². The number of benzene rings is 2. The third-order valence-corrected chi connectivity index (χ3v) is 6.30. The lowest BCUT2D eigenvalue weighted by atomic mass is 10.0. The molecule has 1 heterocycles. The topological polar surface area (TPSA) is 92.5 Å². The summed E-state index contributed by atoms with van der Waals surface area (Å²) in [5, 5.41) is 2.76. The van der Waals surface area contributed by atoms with Crippen LogP contribution in [0.1, 0.15) is 27.9 Å². The van der Waals surface area contributed by atoms with Gasteiger partial charge in [-0.1, -0.05) is 36.4 Å². The molecule has 0 saturated carbocycles. The smallest absolute Gasteiger partial charge is 0.251 e. The fourth-order valence-electron chi connectivity index (χ4n) is 3.04. The largest absolute Gasteiger partial charge is 0.352 e. The van der Waals surface area contributed by atoms with Crippen molar-refractivity contribution in [3.05, 3.63) is 65.2 Å². The molecule has 0 radical (unpaired) electrons. The molecule has 2 aromatic carbocycles. The summed E-state index contributed by atoms with van der Waals surface area (Å²) in [5.41, 5.74) is 7.81. The van der Waals surface area contributed by atoms with Crippen LogP contribution in [0.15, 0.2) is 53.4 Å². The highest BCUT2D eigenvalue weighted by Gasteiger charge is 2.27. The van der Waals surface area contributed by atoms with Gasteiger partial charge in [-0.3, -0.25) is 4.79 Å². The van der Waals surface area contributed by atoms with Crippen molar-refractivity contribution in [2.75, 3.05) is 19.6 Å². The predicted octanol–water partition coefficient (Wildman–Crippen LogP) is 1.93. The molecule has 3 N–H and O–H groups in total. The average Bonchev–Trinajstić information content (AvgIpc) is 2.66.